The van der Waals surface area contributed by atoms with Crippen molar-refractivity contribution in [1.29, 1.82) is 0 Å². The van der Waals surface area contributed by atoms with Gasteiger partial charge in [-0.15, -0.1) is 0 Å². The highest BCUT2D eigenvalue weighted by Crippen LogP contribution is 2.29. The zero-order valence-electron chi connectivity index (χ0n) is 15.9. The molecular weight excluding hydrogens is 322 g/mol. The first-order valence-electron chi connectivity index (χ1n) is 9.36. The van der Waals surface area contributed by atoms with Crippen molar-refractivity contribution >= 4 is 16.7 Å². The molecule has 0 aliphatic heterocycles. The van der Waals surface area contributed by atoms with E-state index in [4.69, 9.17) is 10.1 Å². The third kappa shape index (κ3) is 2.68. The summed E-state index contributed by atoms with van der Waals surface area (Å²) in [6.07, 6.45) is 6.91. The van der Waals surface area contributed by atoms with Gasteiger partial charge in [0.15, 0.2) is 0 Å². The minimum absolute atomic E-state index is 0.308. The van der Waals surface area contributed by atoms with Crippen molar-refractivity contribution < 1.29 is 0 Å². The molecule has 4 aromatic heterocycles. The predicted octanol–water partition coefficient (Wildman–Crippen LogP) is 4.22. The number of hydrogen-bond acceptors (Lipinski definition) is 3. The van der Waals surface area contributed by atoms with E-state index in [0.717, 1.165) is 47.3 Å². The van der Waals surface area contributed by atoms with Crippen LogP contribution < -0.4 is 0 Å². The number of fused-ring (bicyclic) bond motifs is 2. The van der Waals surface area contributed by atoms with Crippen molar-refractivity contribution in [1.82, 2.24) is 24.1 Å². The van der Waals surface area contributed by atoms with Crippen LogP contribution in [0.3, 0.4) is 0 Å². The Morgan fingerprint density at radius 3 is 2.81 bits per heavy atom. The number of nitrogens with zero attached hydrogens (tertiary/aromatic N) is 5. The van der Waals surface area contributed by atoms with E-state index in [1.807, 2.05) is 24.0 Å². The van der Waals surface area contributed by atoms with Gasteiger partial charge in [0.1, 0.15) is 11.2 Å². The average molecular weight is 347 g/mol. The van der Waals surface area contributed by atoms with E-state index in [-0.39, 0.29) is 0 Å². The highest BCUT2D eigenvalue weighted by Gasteiger charge is 2.21. The number of aromatic nitrogens is 5. The predicted molar refractivity (Wildman–Crippen MR) is 105 cm³/mol. The van der Waals surface area contributed by atoms with Gasteiger partial charge < -0.3 is 4.40 Å². The maximum Gasteiger partial charge on any atom is 0.137 e. The summed E-state index contributed by atoms with van der Waals surface area (Å²) in [5.41, 5.74) is 7.90. The summed E-state index contributed by atoms with van der Waals surface area (Å²) in [5, 5.41) is 4.79. The second-order valence-electron chi connectivity index (χ2n) is 6.95. The van der Waals surface area contributed by atoms with Gasteiger partial charge in [0.2, 0.25) is 0 Å². The molecule has 0 N–H and O–H groups in total. The summed E-state index contributed by atoms with van der Waals surface area (Å²) in [7, 11) is 1.99. The molecule has 0 aliphatic rings. The highest BCUT2D eigenvalue weighted by atomic mass is 15.3. The fourth-order valence-corrected chi connectivity index (χ4v) is 3.73. The lowest BCUT2D eigenvalue weighted by Crippen LogP contribution is -2.06. The number of rotatable bonds is 5. The first-order valence-corrected chi connectivity index (χ1v) is 9.36. The topological polar surface area (TPSA) is 48.0 Å². The molecule has 5 heteroatoms. The van der Waals surface area contributed by atoms with Crippen LogP contribution in [0, 0.1) is 6.92 Å². The van der Waals surface area contributed by atoms with Gasteiger partial charge in [-0.1, -0.05) is 13.8 Å². The Morgan fingerprint density at radius 1 is 1.19 bits per heavy atom. The molecule has 0 bridgehead atoms. The highest BCUT2D eigenvalue weighted by molar-refractivity contribution is 5.77. The zero-order chi connectivity index (χ0) is 18.3. The van der Waals surface area contributed by atoms with Crippen LogP contribution >= 0.6 is 0 Å². The Bertz CT molecular complexity index is 1070. The number of aryl methyl sites for hydroxylation is 3. The van der Waals surface area contributed by atoms with Gasteiger partial charge in [-0.05, 0) is 49.6 Å². The Hall–Kier alpha value is -2.69. The normalized spacial score (nSPS) is 12.9. The molecular formula is C21H25N5. The summed E-state index contributed by atoms with van der Waals surface area (Å²) >= 11 is 0. The lowest BCUT2D eigenvalue weighted by molar-refractivity contribution is 0.614. The minimum Gasteiger partial charge on any atom is -0.304 e. The first kappa shape index (κ1) is 16.8. The summed E-state index contributed by atoms with van der Waals surface area (Å²) in [5.74, 6) is 0.308. The standard InChI is InChI=1S/C21H25N5/c1-5-15-9-11-26-14(3)17(23-19(26)12-15)13-16(6-2)20-21-18(25(4)24-20)8-7-10-22-21/h7-12,16H,5-6,13H2,1-4H3. The molecule has 4 heterocycles. The monoisotopic (exact) mass is 347 g/mol. The Morgan fingerprint density at radius 2 is 2.04 bits per heavy atom. The molecule has 134 valence electrons. The van der Waals surface area contributed by atoms with E-state index in [0.29, 0.717) is 5.92 Å². The smallest absolute Gasteiger partial charge is 0.137 e. The molecule has 0 aromatic carbocycles. The molecule has 4 rings (SSSR count). The van der Waals surface area contributed by atoms with Gasteiger partial charge in [0, 0.05) is 37.5 Å². The number of pyridine rings is 2. The summed E-state index contributed by atoms with van der Waals surface area (Å²) in [4.78, 5) is 9.52. The van der Waals surface area contributed by atoms with Crippen LogP contribution in [0.1, 0.15) is 48.8 Å². The zero-order valence-corrected chi connectivity index (χ0v) is 15.9. The Balaban J connectivity index is 1.74. The largest absolute Gasteiger partial charge is 0.304 e. The minimum atomic E-state index is 0.308. The van der Waals surface area contributed by atoms with Crippen LogP contribution in [-0.2, 0) is 19.9 Å². The van der Waals surface area contributed by atoms with Crippen LogP contribution in [-0.4, -0.2) is 24.1 Å². The lowest BCUT2D eigenvalue weighted by atomic mass is 9.95. The maximum absolute atomic E-state index is 4.93. The summed E-state index contributed by atoms with van der Waals surface area (Å²) in [6, 6.07) is 8.41. The Kier molecular flexibility index (Phi) is 4.23. The molecule has 0 aliphatic carbocycles. The molecule has 1 atom stereocenters. The molecule has 4 aromatic rings. The SMILES string of the molecule is CCc1ccn2c(C)c(CC(CC)c3nn(C)c4cccnc34)nc2c1. The molecule has 0 spiro atoms. The fraction of sp³-hybridized carbons (Fsp3) is 0.381. The average Bonchev–Trinajstić information content (AvgIpc) is 3.17. The van der Waals surface area contributed by atoms with E-state index >= 15 is 0 Å². The second-order valence-corrected chi connectivity index (χ2v) is 6.95. The van der Waals surface area contributed by atoms with Gasteiger partial charge in [-0.2, -0.15) is 5.10 Å². The maximum atomic E-state index is 4.93. The van der Waals surface area contributed by atoms with Crippen molar-refractivity contribution in [3.8, 4) is 0 Å². The Labute approximate surface area is 153 Å². The van der Waals surface area contributed by atoms with Gasteiger partial charge >= 0.3 is 0 Å². The quantitative estimate of drug-likeness (QED) is 0.543. The third-order valence-corrected chi connectivity index (χ3v) is 5.39. The fourth-order valence-electron chi connectivity index (χ4n) is 3.73. The van der Waals surface area contributed by atoms with Gasteiger partial charge in [-0.25, -0.2) is 4.98 Å². The molecule has 5 nitrogen and oxygen atoms in total. The van der Waals surface area contributed by atoms with Gasteiger partial charge in [0.25, 0.3) is 0 Å². The van der Waals surface area contributed by atoms with Crippen molar-refractivity contribution in [3.63, 3.8) is 0 Å². The van der Waals surface area contributed by atoms with Crippen LogP contribution in [0.15, 0.2) is 36.7 Å². The molecule has 0 amide bonds. The molecule has 0 saturated carbocycles. The summed E-state index contributed by atoms with van der Waals surface area (Å²) in [6.45, 7) is 6.55. The third-order valence-electron chi connectivity index (χ3n) is 5.39. The van der Waals surface area contributed by atoms with Crippen LogP contribution in [0.5, 0.6) is 0 Å². The van der Waals surface area contributed by atoms with Gasteiger partial charge in [-0.3, -0.25) is 9.67 Å². The van der Waals surface area contributed by atoms with E-state index in [9.17, 15) is 0 Å². The summed E-state index contributed by atoms with van der Waals surface area (Å²) < 4.78 is 4.13. The van der Waals surface area contributed by atoms with Crippen LogP contribution in [0.4, 0.5) is 0 Å². The molecule has 0 radical (unpaired) electrons. The van der Waals surface area contributed by atoms with Crippen molar-refractivity contribution in [2.75, 3.05) is 0 Å². The van der Waals surface area contributed by atoms with E-state index in [1.54, 1.807) is 0 Å². The van der Waals surface area contributed by atoms with Crippen LogP contribution in [0.2, 0.25) is 0 Å². The lowest BCUT2D eigenvalue weighted by Gasteiger charge is -2.11. The second kappa shape index (κ2) is 6.56. The number of imidazole rings is 1. The molecule has 0 fully saturated rings. The van der Waals surface area contributed by atoms with Crippen molar-refractivity contribution in [2.45, 2.75) is 46.0 Å². The first-order chi connectivity index (χ1) is 12.6. The van der Waals surface area contributed by atoms with Crippen molar-refractivity contribution in [2.24, 2.45) is 7.05 Å². The van der Waals surface area contributed by atoms with E-state index in [1.165, 1.54) is 11.3 Å². The van der Waals surface area contributed by atoms with Gasteiger partial charge in [0.05, 0.1) is 16.9 Å². The molecule has 0 saturated heterocycles. The van der Waals surface area contributed by atoms with Crippen molar-refractivity contribution in [3.05, 3.63) is 59.3 Å². The number of hydrogen-bond donors (Lipinski definition) is 0. The van der Waals surface area contributed by atoms with E-state index in [2.05, 4.69) is 54.6 Å². The van der Waals surface area contributed by atoms with Crippen LogP contribution in [0.25, 0.3) is 16.7 Å². The molecule has 26 heavy (non-hydrogen) atoms. The van der Waals surface area contributed by atoms with E-state index < -0.39 is 0 Å². The molecule has 1 unspecified atom stereocenters.